The van der Waals surface area contributed by atoms with Gasteiger partial charge in [0, 0.05) is 17.6 Å². The highest BCUT2D eigenvalue weighted by Gasteiger charge is 2.29. The lowest BCUT2D eigenvalue weighted by molar-refractivity contribution is -0.143. The second-order valence-electron chi connectivity index (χ2n) is 7.81. The second-order valence-corrected chi connectivity index (χ2v) is 8.22. The first-order valence-electron chi connectivity index (χ1n) is 10.3. The van der Waals surface area contributed by atoms with Crippen LogP contribution in [0.25, 0.3) is 0 Å². The quantitative estimate of drug-likeness (QED) is 0.629. The molecule has 162 valence electrons. The van der Waals surface area contributed by atoms with E-state index in [0.29, 0.717) is 17.2 Å². The molecule has 0 saturated heterocycles. The Balaban J connectivity index is 2.25. The molecule has 0 aromatic heterocycles. The minimum Gasteiger partial charge on any atom is -0.484 e. The van der Waals surface area contributed by atoms with Crippen molar-refractivity contribution in [3.63, 3.8) is 0 Å². The van der Waals surface area contributed by atoms with E-state index < -0.39 is 6.04 Å². The molecule has 0 bridgehead atoms. The Morgan fingerprint density at radius 2 is 1.73 bits per heavy atom. The van der Waals surface area contributed by atoms with Crippen molar-refractivity contribution in [2.45, 2.75) is 59.7 Å². The lowest BCUT2D eigenvalue weighted by Crippen LogP contribution is -2.51. The molecule has 1 unspecified atom stereocenters. The number of carbonyl (C=O) groups excluding carboxylic acids is 2. The van der Waals surface area contributed by atoms with Gasteiger partial charge in [-0.3, -0.25) is 9.59 Å². The zero-order valence-corrected chi connectivity index (χ0v) is 19.1. The van der Waals surface area contributed by atoms with Gasteiger partial charge >= 0.3 is 0 Å². The number of benzene rings is 2. The van der Waals surface area contributed by atoms with Crippen molar-refractivity contribution < 1.29 is 14.3 Å². The van der Waals surface area contributed by atoms with Gasteiger partial charge in [-0.1, -0.05) is 42.8 Å². The van der Waals surface area contributed by atoms with Gasteiger partial charge in [0.2, 0.25) is 5.91 Å². The zero-order chi connectivity index (χ0) is 22.3. The third-order valence-electron chi connectivity index (χ3n) is 4.67. The Morgan fingerprint density at radius 1 is 1.10 bits per heavy atom. The minimum atomic E-state index is -0.612. The number of rotatable bonds is 9. The first-order valence-corrected chi connectivity index (χ1v) is 10.6. The van der Waals surface area contributed by atoms with E-state index in [1.165, 1.54) is 0 Å². The number of ether oxygens (including phenoxy) is 1. The molecule has 2 aromatic carbocycles. The molecule has 0 saturated carbocycles. The highest BCUT2D eigenvalue weighted by atomic mass is 35.5. The van der Waals surface area contributed by atoms with Crippen molar-refractivity contribution >= 4 is 23.4 Å². The molecule has 0 aliphatic heterocycles. The predicted molar refractivity (Wildman–Crippen MR) is 121 cm³/mol. The standard InChI is InChI=1S/C24H31ClN2O3/c1-6-22(24(29)26-16(2)3)27(14-19-9-7-8-10-21(19)25)23(28)15-30-20-12-17(4)11-18(5)13-20/h7-13,16,22H,6,14-15H2,1-5H3,(H,26,29). The maximum atomic E-state index is 13.2. The van der Waals surface area contributed by atoms with Crippen LogP contribution in [0.15, 0.2) is 42.5 Å². The molecule has 0 fully saturated rings. The molecule has 5 nitrogen and oxygen atoms in total. The Bertz CT molecular complexity index is 862. The summed E-state index contributed by atoms with van der Waals surface area (Å²) in [5.74, 6) is 0.192. The van der Waals surface area contributed by atoms with Gasteiger partial charge in [0.1, 0.15) is 11.8 Å². The Morgan fingerprint density at radius 3 is 2.30 bits per heavy atom. The van der Waals surface area contributed by atoms with Crippen LogP contribution in [0.1, 0.15) is 43.9 Å². The van der Waals surface area contributed by atoms with E-state index in [1.807, 2.05) is 71.0 Å². The van der Waals surface area contributed by atoms with Crippen LogP contribution >= 0.6 is 11.6 Å². The summed E-state index contributed by atoms with van der Waals surface area (Å²) in [5.41, 5.74) is 2.91. The second kappa shape index (κ2) is 11.0. The molecule has 0 aliphatic carbocycles. The number of nitrogens with zero attached hydrogens (tertiary/aromatic N) is 1. The molecule has 0 aliphatic rings. The van der Waals surface area contributed by atoms with E-state index in [0.717, 1.165) is 16.7 Å². The smallest absolute Gasteiger partial charge is 0.261 e. The summed E-state index contributed by atoms with van der Waals surface area (Å²) in [6.45, 7) is 9.73. The van der Waals surface area contributed by atoms with Crippen molar-refractivity contribution in [1.29, 1.82) is 0 Å². The third kappa shape index (κ3) is 6.77. The van der Waals surface area contributed by atoms with Crippen molar-refractivity contribution in [3.8, 4) is 5.75 Å². The largest absolute Gasteiger partial charge is 0.484 e. The van der Waals surface area contributed by atoms with Gasteiger partial charge in [-0.05, 0) is 69.0 Å². The van der Waals surface area contributed by atoms with E-state index in [4.69, 9.17) is 16.3 Å². The summed E-state index contributed by atoms with van der Waals surface area (Å²) >= 11 is 6.32. The number of carbonyl (C=O) groups is 2. The number of hydrogen-bond donors (Lipinski definition) is 1. The zero-order valence-electron chi connectivity index (χ0n) is 18.4. The number of halogens is 1. The van der Waals surface area contributed by atoms with E-state index >= 15 is 0 Å². The van der Waals surface area contributed by atoms with E-state index in [9.17, 15) is 9.59 Å². The topological polar surface area (TPSA) is 58.6 Å². The van der Waals surface area contributed by atoms with Gasteiger partial charge in [0.05, 0.1) is 0 Å². The van der Waals surface area contributed by atoms with Crippen LogP contribution in [0.3, 0.4) is 0 Å². The molecule has 2 amide bonds. The first kappa shape index (κ1) is 23.7. The Hall–Kier alpha value is -2.53. The van der Waals surface area contributed by atoms with Gasteiger partial charge in [-0.25, -0.2) is 0 Å². The Labute approximate surface area is 184 Å². The molecule has 0 spiro atoms. The maximum Gasteiger partial charge on any atom is 0.261 e. The van der Waals surface area contributed by atoms with Gasteiger partial charge < -0.3 is 15.0 Å². The van der Waals surface area contributed by atoms with Crippen LogP contribution < -0.4 is 10.1 Å². The minimum absolute atomic E-state index is 0.0182. The van der Waals surface area contributed by atoms with Crippen molar-refractivity contribution in [2.75, 3.05) is 6.61 Å². The number of hydrogen-bond acceptors (Lipinski definition) is 3. The summed E-state index contributed by atoms with van der Waals surface area (Å²) in [4.78, 5) is 27.5. The normalized spacial score (nSPS) is 11.8. The summed E-state index contributed by atoms with van der Waals surface area (Å²) in [6.07, 6.45) is 0.484. The molecule has 2 rings (SSSR count). The van der Waals surface area contributed by atoms with Crippen LogP contribution in [0.4, 0.5) is 0 Å². The maximum absolute atomic E-state index is 13.2. The highest BCUT2D eigenvalue weighted by molar-refractivity contribution is 6.31. The molecule has 0 heterocycles. The lowest BCUT2D eigenvalue weighted by Gasteiger charge is -2.31. The SMILES string of the molecule is CCC(C(=O)NC(C)C)N(Cc1ccccc1Cl)C(=O)COc1cc(C)cc(C)c1. The molecule has 0 radical (unpaired) electrons. The van der Waals surface area contributed by atoms with Crippen LogP contribution in [0.2, 0.25) is 5.02 Å². The van der Waals surface area contributed by atoms with E-state index in [-0.39, 0.29) is 31.0 Å². The first-order chi connectivity index (χ1) is 14.2. The monoisotopic (exact) mass is 430 g/mol. The van der Waals surface area contributed by atoms with Crippen LogP contribution in [0, 0.1) is 13.8 Å². The highest BCUT2D eigenvalue weighted by Crippen LogP contribution is 2.21. The van der Waals surface area contributed by atoms with Crippen LogP contribution in [0.5, 0.6) is 5.75 Å². The number of nitrogens with one attached hydrogen (secondary N) is 1. The summed E-state index contributed by atoms with van der Waals surface area (Å²) in [7, 11) is 0. The van der Waals surface area contributed by atoms with Gasteiger partial charge in [-0.2, -0.15) is 0 Å². The molecule has 2 aromatic rings. The molecule has 6 heteroatoms. The summed E-state index contributed by atoms with van der Waals surface area (Å²) < 4.78 is 5.78. The fourth-order valence-corrected chi connectivity index (χ4v) is 3.55. The molecular formula is C24H31ClN2O3. The molecule has 1 N–H and O–H groups in total. The lowest BCUT2D eigenvalue weighted by atomic mass is 10.1. The average Bonchev–Trinajstić information content (AvgIpc) is 2.66. The van der Waals surface area contributed by atoms with Crippen molar-refractivity contribution in [1.82, 2.24) is 10.2 Å². The summed E-state index contributed by atoms with van der Waals surface area (Å²) in [5, 5.41) is 3.47. The molecule has 1 atom stereocenters. The number of aryl methyl sites for hydroxylation is 2. The van der Waals surface area contributed by atoms with E-state index in [1.54, 1.807) is 11.0 Å². The molecule has 30 heavy (non-hydrogen) atoms. The van der Waals surface area contributed by atoms with Crippen molar-refractivity contribution in [2.24, 2.45) is 0 Å². The Kier molecular flexibility index (Phi) is 8.72. The van der Waals surface area contributed by atoms with Gasteiger partial charge in [0.15, 0.2) is 6.61 Å². The number of amides is 2. The molecular weight excluding hydrogens is 400 g/mol. The fraction of sp³-hybridized carbons (Fsp3) is 0.417. The average molecular weight is 431 g/mol. The summed E-state index contributed by atoms with van der Waals surface area (Å²) in [6, 6.07) is 12.5. The van der Waals surface area contributed by atoms with E-state index in [2.05, 4.69) is 5.32 Å². The van der Waals surface area contributed by atoms with Gasteiger partial charge in [0.25, 0.3) is 5.91 Å². The fourth-order valence-electron chi connectivity index (χ4n) is 3.35. The van der Waals surface area contributed by atoms with Crippen LogP contribution in [-0.2, 0) is 16.1 Å². The predicted octanol–water partition coefficient (Wildman–Crippen LogP) is 4.67. The van der Waals surface area contributed by atoms with Crippen LogP contribution in [-0.4, -0.2) is 35.4 Å². The third-order valence-corrected chi connectivity index (χ3v) is 5.04. The van der Waals surface area contributed by atoms with Gasteiger partial charge in [-0.15, -0.1) is 0 Å². The van der Waals surface area contributed by atoms with Crippen molar-refractivity contribution in [3.05, 3.63) is 64.2 Å².